The second kappa shape index (κ2) is 4.28. The maximum atomic E-state index is 11.2. The number of rotatable bonds is 3. The smallest absolute Gasteiger partial charge is 0.156 e. The fraction of sp³-hybridized carbons (Fsp3) is 0.500. The molecule has 15 heavy (non-hydrogen) atoms. The van der Waals surface area contributed by atoms with Gasteiger partial charge in [0.2, 0.25) is 0 Å². The van der Waals surface area contributed by atoms with Crippen molar-refractivity contribution in [3.8, 4) is 0 Å². The molecular formula is C10H15N2O2S+. The van der Waals surface area contributed by atoms with Crippen LogP contribution < -0.4 is 5.32 Å². The van der Waals surface area contributed by atoms with E-state index in [0.717, 1.165) is 18.5 Å². The highest BCUT2D eigenvalue weighted by Crippen LogP contribution is 2.07. The van der Waals surface area contributed by atoms with Crippen molar-refractivity contribution in [1.82, 2.24) is 4.98 Å². The summed E-state index contributed by atoms with van der Waals surface area (Å²) in [5, 5.41) is 2.10. The molecule has 4 nitrogen and oxygen atoms in total. The average molecular weight is 227 g/mol. The van der Waals surface area contributed by atoms with Crippen LogP contribution in [0.25, 0.3) is 0 Å². The van der Waals surface area contributed by atoms with Crippen molar-refractivity contribution in [2.24, 2.45) is 0 Å². The second-order valence-corrected chi connectivity index (χ2v) is 6.19. The van der Waals surface area contributed by atoms with Crippen LogP contribution in [0.2, 0.25) is 0 Å². The van der Waals surface area contributed by atoms with Crippen molar-refractivity contribution in [3.05, 3.63) is 30.1 Å². The average Bonchev–Trinajstić information content (AvgIpc) is 2.57. The molecule has 0 aliphatic carbocycles. The molecule has 1 aromatic heterocycles. The number of nitrogens with two attached hydrogens (primary N) is 1. The summed E-state index contributed by atoms with van der Waals surface area (Å²) in [6.45, 7) is 0.814. The summed E-state index contributed by atoms with van der Waals surface area (Å²) < 4.78 is 22.4. The summed E-state index contributed by atoms with van der Waals surface area (Å²) >= 11 is 0. The Labute approximate surface area is 89.6 Å². The number of pyridine rings is 1. The molecule has 5 heteroatoms. The fourth-order valence-corrected chi connectivity index (χ4v) is 3.61. The van der Waals surface area contributed by atoms with Gasteiger partial charge in [0.25, 0.3) is 0 Å². The predicted molar refractivity (Wildman–Crippen MR) is 56.9 cm³/mol. The number of hydrogen-bond acceptors (Lipinski definition) is 3. The Bertz CT molecular complexity index is 416. The van der Waals surface area contributed by atoms with Gasteiger partial charge in [0.15, 0.2) is 9.84 Å². The van der Waals surface area contributed by atoms with Crippen molar-refractivity contribution in [2.45, 2.75) is 19.0 Å². The van der Waals surface area contributed by atoms with Crippen LogP contribution in [0.5, 0.6) is 0 Å². The van der Waals surface area contributed by atoms with E-state index in [9.17, 15) is 8.42 Å². The van der Waals surface area contributed by atoms with Crippen molar-refractivity contribution >= 4 is 9.84 Å². The molecule has 0 saturated carbocycles. The quantitative estimate of drug-likeness (QED) is 0.745. The first-order valence-electron chi connectivity index (χ1n) is 5.08. The van der Waals surface area contributed by atoms with E-state index in [1.807, 2.05) is 18.3 Å². The third-order valence-corrected chi connectivity index (χ3v) is 4.47. The maximum Gasteiger partial charge on any atom is 0.156 e. The molecule has 0 bridgehead atoms. The van der Waals surface area contributed by atoms with Crippen LogP contribution in [0.15, 0.2) is 24.5 Å². The van der Waals surface area contributed by atoms with Crippen molar-refractivity contribution in [3.63, 3.8) is 0 Å². The molecule has 0 aromatic carbocycles. The van der Waals surface area contributed by atoms with Crippen LogP contribution in [0.4, 0.5) is 0 Å². The highest BCUT2D eigenvalue weighted by molar-refractivity contribution is 7.91. The minimum Gasteiger partial charge on any atom is -0.339 e. The normalized spacial score (nSPS) is 24.1. The molecule has 2 N–H and O–H groups in total. The van der Waals surface area contributed by atoms with Gasteiger partial charge in [-0.2, -0.15) is 0 Å². The molecule has 2 heterocycles. The van der Waals surface area contributed by atoms with Gasteiger partial charge < -0.3 is 5.32 Å². The molecule has 1 saturated heterocycles. The highest BCUT2D eigenvalue weighted by Gasteiger charge is 2.30. The lowest BCUT2D eigenvalue weighted by Crippen LogP contribution is -2.89. The van der Waals surface area contributed by atoms with Crippen LogP contribution in [0.1, 0.15) is 12.0 Å². The zero-order valence-corrected chi connectivity index (χ0v) is 9.28. The van der Waals surface area contributed by atoms with Gasteiger partial charge in [-0.3, -0.25) is 4.98 Å². The molecule has 1 aromatic rings. The second-order valence-electron chi connectivity index (χ2n) is 3.96. The lowest BCUT2D eigenvalue weighted by molar-refractivity contribution is -0.699. The summed E-state index contributed by atoms with van der Waals surface area (Å²) in [6.07, 6.45) is 4.34. The molecule has 1 aliphatic heterocycles. The number of nitrogens with zero attached hydrogens (tertiary/aromatic N) is 1. The van der Waals surface area contributed by atoms with Gasteiger partial charge in [0.1, 0.15) is 18.3 Å². The third-order valence-electron chi connectivity index (χ3n) is 2.68. The van der Waals surface area contributed by atoms with Crippen LogP contribution in [-0.2, 0) is 16.4 Å². The Morgan fingerprint density at radius 1 is 1.53 bits per heavy atom. The molecule has 0 radical (unpaired) electrons. The highest BCUT2D eigenvalue weighted by atomic mass is 32.2. The molecular weight excluding hydrogens is 212 g/mol. The van der Waals surface area contributed by atoms with E-state index in [-0.39, 0.29) is 6.04 Å². The molecule has 1 aliphatic rings. The molecule has 1 fully saturated rings. The Hall–Kier alpha value is -0.940. The Morgan fingerprint density at radius 3 is 3.00 bits per heavy atom. The zero-order valence-electron chi connectivity index (χ0n) is 8.46. The molecule has 2 rings (SSSR count). The summed E-state index contributed by atoms with van der Waals surface area (Å²) in [6, 6.07) is 4.14. The standard InChI is InChI=1S/C10H14N2O2S/c13-15(14)5-3-10(8-15)12-7-9-2-1-4-11-6-9/h1-2,4,6,10,12H,3,5,7-8H2/p+1/t10-/m1/s1. The van der Waals surface area contributed by atoms with Crippen LogP contribution in [0.3, 0.4) is 0 Å². The molecule has 0 spiro atoms. The minimum atomic E-state index is -2.75. The molecule has 82 valence electrons. The van der Waals surface area contributed by atoms with E-state index in [1.165, 1.54) is 0 Å². The Balaban J connectivity index is 1.85. The Morgan fingerprint density at radius 2 is 2.40 bits per heavy atom. The largest absolute Gasteiger partial charge is 0.339 e. The lowest BCUT2D eigenvalue weighted by atomic mass is 10.2. The fourth-order valence-electron chi connectivity index (χ4n) is 1.83. The SMILES string of the molecule is O=S1(=O)CC[C@@H]([NH2+]Cc2cccnc2)C1. The van der Waals surface area contributed by atoms with Crippen LogP contribution in [-0.4, -0.2) is 30.9 Å². The first-order chi connectivity index (χ1) is 7.16. The Kier molecular flexibility index (Phi) is 3.02. The first-order valence-corrected chi connectivity index (χ1v) is 6.90. The first kappa shape index (κ1) is 10.6. The molecule has 0 amide bonds. The number of hydrogen-bond donors (Lipinski definition) is 1. The number of aromatic nitrogens is 1. The van der Waals surface area contributed by atoms with E-state index in [1.54, 1.807) is 6.20 Å². The summed E-state index contributed by atoms with van der Waals surface area (Å²) in [5.74, 6) is 0.675. The number of sulfone groups is 1. The monoisotopic (exact) mass is 227 g/mol. The van der Waals surface area contributed by atoms with Crippen molar-refractivity contribution in [2.75, 3.05) is 11.5 Å². The minimum absolute atomic E-state index is 0.232. The van der Waals surface area contributed by atoms with Gasteiger partial charge in [-0.1, -0.05) is 6.07 Å². The van der Waals surface area contributed by atoms with Gasteiger partial charge in [-0.25, -0.2) is 8.42 Å². The van der Waals surface area contributed by atoms with Gasteiger partial charge in [-0.15, -0.1) is 0 Å². The predicted octanol–water partition coefficient (Wildman–Crippen LogP) is -0.668. The van der Waals surface area contributed by atoms with Gasteiger partial charge >= 0.3 is 0 Å². The molecule has 1 atom stereocenters. The topological polar surface area (TPSA) is 63.6 Å². The van der Waals surface area contributed by atoms with Gasteiger partial charge in [-0.05, 0) is 6.07 Å². The molecule has 0 unspecified atom stereocenters. The zero-order chi connectivity index (χ0) is 10.7. The van der Waals surface area contributed by atoms with Crippen LogP contribution >= 0.6 is 0 Å². The van der Waals surface area contributed by atoms with E-state index < -0.39 is 9.84 Å². The lowest BCUT2D eigenvalue weighted by Gasteiger charge is -2.06. The van der Waals surface area contributed by atoms with E-state index in [0.29, 0.717) is 11.5 Å². The third kappa shape index (κ3) is 3.00. The van der Waals surface area contributed by atoms with E-state index >= 15 is 0 Å². The van der Waals surface area contributed by atoms with Gasteiger partial charge in [0.05, 0.1) is 5.75 Å². The summed E-state index contributed by atoms with van der Waals surface area (Å²) in [7, 11) is -2.75. The summed E-state index contributed by atoms with van der Waals surface area (Å²) in [4.78, 5) is 4.02. The van der Waals surface area contributed by atoms with Crippen molar-refractivity contribution < 1.29 is 13.7 Å². The summed E-state index contributed by atoms with van der Waals surface area (Å²) in [5.41, 5.74) is 1.14. The van der Waals surface area contributed by atoms with E-state index in [4.69, 9.17) is 0 Å². The van der Waals surface area contributed by atoms with Crippen molar-refractivity contribution in [1.29, 1.82) is 0 Å². The van der Waals surface area contributed by atoms with Gasteiger partial charge in [0, 0.05) is 24.4 Å². The number of quaternary nitrogens is 1. The van der Waals surface area contributed by atoms with Crippen LogP contribution in [0, 0.1) is 0 Å². The maximum absolute atomic E-state index is 11.2. The van der Waals surface area contributed by atoms with E-state index in [2.05, 4.69) is 10.3 Å².